The van der Waals surface area contributed by atoms with Gasteiger partial charge in [-0.05, 0) is 31.1 Å². The number of likely N-dealkylation sites (N-methyl/N-ethyl adjacent to an activating group) is 1. The van der Waals surface area contributed by atoms with Crippen LogP contribution in [0.5, 0.6) is 0 Å². The maximum absolute atomic E-state index is 12.1. The third kappa shape index (κ3) is 1.02. The molecule has 3 rings (SSSR count). The van der Waals surface area contributed by atoms with E-state index in [1.807, 2.05) is 24.0 Å². The van der Waals surface area contributed by atoms with Gasteiger partial charge in [-0.25, -0.2) is 0 Å². The zero-order chi connectivity index (χ0) is 10.4. The minimum absolute atomic E-state index is 0.170. The average molecular weight is 199 g/mol. The molecule has 1 atom stereocenters. The van der Waals surface area contributed by atoms with E-state index in [1.54, 1.807) is 0 Å². The molecule has 0 bridgehead atoms. The van der Waals surface area contributed by atoms with E-state index >= 15 is 0 Å². The summed E-state index contributed by atoms with van der Waals surface area (Å²) in [4.78, 5) is 13.9. The smallest absolute Gasteiger partial charge is 0.258 e. The van der Waals surface area contributed by atoms with Crippen molar-refractivity contribution < 1.29 is 4.79 Å². The van der Waals surface area contributed by atoms with Crippen molar-refractivity contribution in [3.05, 3.63) is 47.2 Å². The summed E-state index contributed by atoms with van der Waals surface area (Å²) in [5.41, 5.74) is 3.27. The number of hydrogen-bond donors (Lipinski definition) is 0. The molecule has 0 N–H and O–H groups in total. The van der Waals surface area contributed by atoms with Gasteiger partial charge in [0.15, 0.2) is 0 Å². The summed E-state index contributed by atoms with van der Waals surface area (Å²) in [5.74, 6) is 0.592. The Hall–Kier alpha value is -1.57. The molecule has 0 aromatic carbocycles. The second-order valence-electron chi connectivity index (χ2n) is 4.06. The first-order chi connectivity index (χ1) is 7.33. The standard InChI is InChI=1S/C13H13NO/c1-2-14-11-8-4-6-9-5-3-7-10(12(9)11)13(14)15/h3-5,7-9H,2,6H2,1H3. The molecular weight excluding hydrogens is 186 g/mol. The molecule has 76 valence electrons. The van der Waals surface area contributed by atoms with Crippen molar-refractivity contribution in [2.24, 2.45) is 5.92 Å². The van der Waals surface area contributed by atoms with Gasteiger partial charge >= 0.3 is 0 Å². The molecule has 0 spiro atoms. The predicted molar refractivity (Wildman–Crippen MR) is 58.9 cm³/mol. The monoisotopic (exact) mass is 199 g/mol. The molecule has 15 heavy (non-hydrogen) atoms. The Kier molecular flexibility index (Phi) is 1.72. The number of hydrogen-bond acceptors (Lipinski definition) is 1. The quantitative estimate of drug-likeness (QED) is 0.633. The molecule has 2 nitrogen and oxygen atoms in total. The van der Waals surface area contributed by atoms with Gasteiger partial charge in [-0.1, -0.05) is 18.2 Å². The summed E-state index contributed by atoms with van der Waals surface area (Å²) in [5, 5.41) is 0. The number of amides is 1. The number of rotatable bonds is 1. The van der Waals surface area contributed by atoms with E-state index in [0.29, 0.717) is 5.92 Å². The Bertz CT molecular complexity index is 451. The Morgan fingerprint density at radius 3 is 3.20 bits per heavy atom. The molecular formula is C13H13NO. The lowest BCUT2D eigenvalue weighted by atomic mass is 9.83. The van der Waals surface area contributed by atoms with Crippen molar-refractivity contribution >= 4 is 5.91 Å². The fourth-order valence-electron chi connectivity index (χ4n) is 2.60. The van der Waals surface area contributed by atoms with Gasteiger partial charge in [-0.2, -0.15) is 0 Å². The molecule has 0 saturated carbocycles. The third-order valence-corrected chi connectivity index (χ3v) is 3.29. The van der Waals surface area contributed by atoms with Crippen LogP contribution in [0.2, 0.25) is 0 Å². The predicted octanol–water partition coefficient (Wildman–Crippen LogP) is 2.17. The van der Waals surface area contributed by atoms with Crippen molar-refractivity contribution in [3.63, 3.8) is 0 Å². The first kappa shape index (κ1) is 8.72. The Morgan fingerprint density at radius 2 is 2.40 bits per heavy atom. The van der Waals surface area contributed by atoms with Crippen LogP contribution >= 0.6 is 0 Å². The maximum Gasteiger partial charge on any atom is 0.258 e. The van der Waals surface area contributed by atoms with Gasteiger partial charge < -0.3 is 4.90 Å². The first-order valence-electron chi connectivity index (χ1n) is 5.44. The highest BCUT2D eigenvalue weighted by atomic mass is 16.2. The van der Waals surface area contributed by atoms with Crippen molar-refractivity contribution in [2.75, 3.05) is 6.54 Å². The van der Waals surface area contributed by atoms with Crippen LogP contribution < -0.4 is 0 Å². The summed E-state index contributed by atoms with van der Waals surface area (Å²) < 4.78 is 0. The average Bonchev–Trinajstić information content (AvgIpc) is 2.55. The first-order valence-corrected chi connectivity index (χ1v) is 5.44. The van der Waals surface area contributed by atoms with Gasteiger partial charge in [0.25, 0.3) is 5.91 Å². The van der Waals surface area contributed by atoms with Crippen LogP contribution in [0.4, 0.5) is 0 Å². The van der Waals surface area contributed by atoms with E-state index in [2.05, 4.69) is 18.2 Å². The van der Waals surface area contributed by atoms with E-state index in [4.69, 9.17) is 0 Å². The lowest BCUT2D eigenvalue weighted by molar-refractivity contribution is -0.123. The molecule has 1 amide bonds. The summed E-state index contributed by atoms with van der Waals surface area (Å²) in [7, 11) is 0. The van der Waals surface area contributed by atoms with Gasteiger partial charge in [-0.3, -0.25) is 4.79 Å². The normalized spacial score (nSPS) is 27.3. The minimum atomic E-state index is 0.170. The fraction of sp³-hybridized carbons (Fsp3) is 0.308. The molecule has 3 aliphatic rings. The molecule has 0 radical (unpaired) electrons. The van der Waals surface area contributed by atoms with Crippen molar-refractivity contribution in [1.29, 1.82) is 0 Å². The van der Waals surface area contributed by atoms with Gasteiger partial charge in [0, 0.05) is 23.7 Å². The van der Waals surface area contributed by atoms with Gasteiger partial charge in [0.2, 0.25) is 0 Å². The molecule has 0 saturated heterocycles. The lowest BCUT2D eigenvalue weighted by Crippen LogP contribution is -2.24. The molecule has 1 heterocycles. The van der Waals surface area contributed by atoms with E-state index in [9.17, 15) is 4.79 Å². The van der Waals surface area contributed by atoms with E-state index in [1.165, 1.54) is 5.57 Å². The molecule has 2 aliphatic carbocycles. The van der Waals surface area contributed by atoms with Crippen LogP contribution in [-0.4, -0.2) is 17.4 Å². The van der Waals surface area contributed by atoms with Crippen molar-refractivity contribution in [1.82, 2.24) is 4.90 Å². The Labute approximate surface area is 89.3 Å². The molecule has 0 aromatic heterocycles. The fourth-order valence-corrected chi connectivity index (χ4v) is 2.60. The molecule has 2 heteroatoms. The van der Waals surface area contributed by atoms with Crippen molar-refractivity contribution in [3.8, 4) is 0 Å². The summed E-state index contributed by atoms with van der Waals surface area (Å²) >= 11 is 0. The van der Waals surface area contributed by atoms with E-state index in [0.717, 1.165) is 24.2 Å². The van der Waals surface area contributed by atoms with Crippen LogP contribution in [0.3, 0.4) is 0 Å². The van der Waals surface area contributed by atoms with Crippen LogP contribution in [0.15, 0.2) is 47.2 Å². The highest BCUT2D eigenvalue weighted by molar-refractivity contribution is 6.04. The van der Waals surface area contributed by atoms with E-state index in [-0.39, 0.29) is 5.91 Å². The number of carbonyl (C=O) groups excluding carboxylic acids is 1. The lowest BCUT2D eigenvalue weighted by Gasteiger charge is -2.21. The summed E-state index contributed by atoms with van der Waals surface area (Å²) in [6.07, 6.45) is 11.4. The van der Waals surface area contributed by atoms with Gasteiger partial charge in [0.05, 0.1) is 0 Å². The zero-order valence-electron chi connectivity index (χ0n) is 8.73. The molecule has 1 aliphatic heterocycles. The van der Waals surface area contributed by atoms with Crippen LogP contribution in [-0.2, 0) is 4.79 Å². The highest BCUT2D eigenvalue weighted by Gasteiger charge is 2.37. The maximum atomic E-state index is 12.1. The summed E-state index contributed by atoms with van der Waals surface area (Å²) in [6.45, 7) is 2.78. The number of nitrogens with zero attached hydrogens (tertiary/aromatic N) is 1. The highest BCUT2D eigenvalue weighted by Crippen LogP contribution is 2.41. The van der Waals surface area contributed by atoms with E-state index < -0.39 is 0 Å². The number of carbonyl (C=O) groups is 1. The largest absolute Gasteiger partial charge is 0.308 e. The second kappa shape index (κ2) is 2.96. The summed E-state index contributed by atoms with van der Waals surface area (Å²) in [6, 6.07) is 0. The van der Waals surface area contributed by atoms with Crippen molar-refractivity contribution in [2.45, 2.75) is 13.3 Å². The second-order valence-corrected chi connectivity index (χ2v) is 4.06. The van der Waals surface area contributed by atoms with Crippen LogP contribution in [0, 0.1) is 5.92 Å². The SMILES string of the molecule is CCN1C(=O)C2=CC=CC3CC=CC1=C23. The Balaban J connectivity index is 2.20. The minimum Gasteiger partial charge on any atom is -0.308 e. The Morgan fingerprint density at radius 1 is 1.53 bits per heavy atom. The van der Waals surface area contributed by atoms with Crippen LogP contribution in [0.25, 0.3) is 0 Å². The molecule has 0 fully saturated rings. The van der Waals surface area contributed by atoms with Crippen LogP contribution in [0.1, 0.15) is 13.3 Å². The number of allylic oxidation sites excluding steroid dienone is 5. The van der Waals surface area contributed by atoms with Gasteiger partial charge in [0.1, 0.15) is 0 Å². The third-order valence-electron chi connectivity index (χ3n) is 3.29. The van der Waals surface area contributed by atoms with Gasteiger partial charge in [-0.15, -0.1) is 0 Å². The topological polar surface area (TPSA) is 20.3 Å². The zero-order valence-corrected chi connectivity index (χ0v) is 8.73. The molecule has 1 unspecified atom stereocenters. The molecule has 0 aromatic rings.